The highest BCUT2D eigenvalue weighted by molar-refractivity contribution is 6.05. The number of likely N-dealkylation sites (tertiary alicyclic amines) is 1. The van der Waals surface area contributed by atoms with E-state index in [1.807, 2.05) is 50.3 Å². The molecule has 2 aromatic carbocycles. The second-order valence-electron chi connectivity index (χ2n) is 16.3. The Bertz CT molecular complexity index is 1930. The van der Waals surface area contributed by atoms with Gasteiger partial charge in [-0.3, -0.25) is 24.0 Å². The van der Waals surface area contributed by atoms with Crippen LogP contribution in [0.3, 0.4) is 0 Å². The summed E-state index contributed by atoms with van der Waals surface area (Å²) in [7, 11) is 0. The highest BCUT2D eigenvalue weighted by atomic mass is 16.7. The van der Waals surface area contributed by atoms with Crippen LogP contribution in [-0.2, 0) is 66.6 Å². The van der Waals surface area contributed by atoms with Crippen molar-refractivity contribution in [1.29, 1.82) is 0 Å². The zero-order valence-corrected chi connectivity index (χ0v) is 42.2. The van der Waals surface area contributed by atoms with Gasteiger partial charge in [0.1, 0.15) is 11.9 Å². The normalized spacial score (nSPS) is 14.4. The van der Waals surface area contributed by atoms with Crippen LogP contribution >= 0.6 is 0 Å². The topological polar surface area (TPSA) is 247 Å². The van der Waals surface area contributed by atoms with E-state index in [-0.39, 0.29) is 37.2 Å². The molecule has 2 heterocycles. The van der Waals surface area contributed by atoms with E-state index in [1.54, 1.807) is 17.0 Å². The Labute approximate surface area is 423 Å². The van der Waals surface area contributed by atoms with Crippen LogP contribution in [0, 0.1) is 0 Å². The molecule has 0 spiro atoms. The van der Waals surface area contributed by atoms with Crippen molar-refractivity contribution in [1.82, 2.24) is 15.3 Å². The summed E-state index contributed by atoms with van der Waals surface area (Å²) in [6.07, 6.45) is 4.09. The maximum atomic E-state index is 13.6. The maximum Gasteiger partial charge on any atom is 0.305 e. The number of carbonyl (C=O) groups excluding carboxylic acids is 3. The Morgan fingerprint density at radius 3 is 1.65 bits per heavy atom. The minimum absolute atomic E-state index is 0.0155. The first-order valence-electron chi connectivity index (χ1n) is 25.0. The fourth-order valence-corrected chi connectivity index (χ4v) is 7.31. The molecule has 21 heteroatoms. The van der Waals surface area contributed by atoms with Crippen LogP contribution in [0.5, 0.6) is 0 Å². The molecule has 0 aliphatic carbocycles. The third-order valence-corrected chi connectivity index (χ3v) is 10.8. The monoisotopic (exact) mass is 1020 g/mol. The van der Waals surface area contributed by atoms with Crippen LogP contribution < -0.4 is 11.1 Å². The fraction of sp³-hybridized carbons (Fsp3) is 0.627. The van der Waals surface area contributed by atoms with Gasteiger partial charge in [0.25, 0.3) is 11.8 Å². The van der Waals surface area contributed by atoms with Gasteiger partial charge in [0.15, 0.2) is 0 Å². The summed E-state index contributed by atoms with van der Waals surface area (Å²) >= 11 is 0. The third-order valence-electron chi connectivity index (χ3n) is 10.8. The first kappa shape index (κ1) is 59.7. The number of hydroxylamine groups is 2. The number of carboxylic acid groups (broad SMARTS) is 1. The Hall–Kier alpha value is -4.91. The van der Waals surface area contributed by atoms with Gasteiger partial charge < -0.3 is 68.4 Å². The Morgan fingerprint density at radius 1 is 0.681 bits per heavy atom. The van der Waals surface area contributed by atoms with Crippen molar-refractivity contribution in [2.75, 3.05) is 158 Å². The number of carbonyl (C=O) groups is 4. The number of fused-ring (bicyclic) bond motifs is 1. The van der Waals surface area contributed by atoms with Crippen LogP contribution in [0.25, 0.3) is 17.2 Å². The molecular weight excluding hydrogens is 939 g/mol. The number of aliphatic imine (C=N–C) groups is 1. The number of amidine groups is 1. The van der Waals surface area contributed by atoms with Gasteiger partial charge in [0, 0.05) is 42.8 Å². The maximum absolute atomic E-state index is 13.6. The Morgan fingerprint density at radius 2 is 1.17 bits per heavy atom. The van der Waals surface area contributed by atoms with Crippen molar-refractivity contribution in [2.45, 2.75) is 52.0 Å². The summed E-state index contributed by atoms with van der Waals surface area (Å²) in [6, 6.07) is 12.5. The summed E-state index contributed by atoms with van der Waals surface area (Å²) < 4.78 is 54.5. The SMILES string of the molecule is CCCN(OCC)C(=O)C1=Cc2ccc(-c3ccc(C(=O)N4CCC[C@@H]4C(=O)NCCOCCOCCOCCOCCOCCOCCOCCOCCOCCOCCC(=O)O)cc3)cc2N=C(N)C1. The highest BCUT2D eigenvalue weighted by Gasteiger charge is 2.34. The molecule has 402 valence electrons. The van der Waals surface area contributed by atoms with E-state index in [0.717, 1.165) is 29.5 Å². The molecule has 0 saturated carbocycles. The molecule has 3 amide bonds. The van der Waals surface area contributed by atoms with E-state index in [2.05, 4.69) is 10.3 Å². The largest absolute Gasteiger partial charge is 0.481 e. The number of nitrogens with one attached hydrogen (secondary N) is 1. The molecule has 1 fully saturated rings. The second-order valence-corrected chi connectivity index (χ2v) is 16.3. The Kier molecular flexibility index (Phi) is 30.6. The summed E-state index contributed by atoms with van der Waals surface area (Å²) in [5.41, 5.74) is 10.4. The molecule has 2 aromatic rings. The molecule has 1 atom stereocenters. The van der Waals surface area contributed by atoms with Crippen molar-refractivity contribution in [2.24, 2.45) is 10.7 Å². The average Bonchev–Trinajstić information content (AvgIpc) is 3.81. The number of rotatable bonds is 41. The molecule has 0 radical (unpaired) electrons. The minimum Gasteiger partial charge on any atom is -0.481 e. The van der Waals surface area contributed by atoms with E-state index in [9.17, 15) is 19.2 Å². The minimum atomic E-state index is -0.884. The molecular formula is C51H77N5O16. The number of aliphatic carboxylic acids is 1. The van der Waals surface area contributed by atoms with E-state index in [4.69, 9.17) is 63.0 Å². The molecule has 21 nitrogen and oxygen atoms in total. The van der Waals surface area contributed by atoms with E-state index < -0.39 is 12.0 Å². The predicted molar refractivity (Wildman–Crippen MR) is 267 cm³/mol. The van der Waals surface area contributed by atoms with Crippen LogP contribution in [-0.4, -0.2) is 209 Å². The first-order chi connectivity index (χ1) is 35.2. The van der Waals surface area contributed by atoms with Gasteiger partial charge in [-0.2, -0.15) is 0 Å². The van der Waals surface area contributed by atoms with Gasteiger partial charge in [0.2, 0.25) is 5.91 Å². The molecule has 1 saturated heterocycles. The van der Waals surface area contributed by atoms with E-state index in [0.29, 0.717) is 181 Å². The van der Waals surface area contributed by atoms with Gasteiger partial charge in [0.05, 0.1) is 151 Å². The van der Waals surface area contributed by atoms with Gasteiger partial charge in [-0.25, -0.2) is 10.1 Å². The van der Waals surface area contributed by atoms with Crippen molar-refractivity contribution < 1.29 is 76.5 Å². The van der Waals surface area contributed by atoms with E-state index in [1.165, 1.54) is 5.06 Å². The molecule has 2 aliphatic heterocycles. The molecule has 4 rings (SSSR count). The summed E-state index contributed by atoms with van der Waals surface area (Å²) in [4.78, 5) is 62.2. The lowest BCUT2D eigenvalue weighted by atomic mass is 9.99. The first-order valence-corrected chi connectivity index (χ1v) is 25.0. The van der Waals surface area contributed by atoms with Crippen LogP contribution in [0.15, 0.2) is 53.0 Å². The molecule has 0 unspecified atom stereocenters. The number of hydrogen-bond donors (Lipinski definition) is 3. The number of nitrogens with two attached hydrogens (primary N) is 1. The number of ether oxygens (including phenoxy) is 10. The number of nitrogens with zero attached hydrogens (tertiary/aromatic N) is 3. The van der Waals surface area contributed by atoms with Crippen molar-refractivity contribution >= 4 is 41.3 Å². The van der Waals surface area contributed by atoms with Crippen molar-refractivity contribution in [3.63, 3.8) is 0 Å². The van der Waals surface area contributed by atoms with Crippen LogP contribution in [0.2, 0.25) is 0 Å². The summed E-state index contributed by atoms with van der Waals surface area (Å²) in [5, 5.41) is 12.8. The van der Waals surface area contributed by atoms with Crippen molar-refractivity contribution in [3.05, 3.63) is 59.2 Å². The number of hydrogen-bond acceptors (Lipinski definition) is 17. The quantitative estimate of drug-likeness (QED) is 0.0635. The molecule has 0 bridgehead atoms. The van der Waals surface area contributed by atoms with Gasteiger partial charge in [-0.1, -0.05) is 31.2 Å². The van der Waals surface area contributed by atoms with Gasteiger partial charge in [-0.15, -0.1) is 0 Å². The molecule has 72 heavy (non-hydrogen) atoms. The number of benzene rings is 2. The molecule has 0 aromatic heterocycles. The number of carboxylic acids is 1. The lowest BCUT2D eigenvalue weighted by molar-refractivity contribution is -0.180. The zero-order valence-electron chi connectivity index (χ0n) is 42.2. The summed E-state index contributed by atoms with van der Waals surface area (Å²) in [5.74, 6) is -1.18. The average molecular weight is 1020 g/mol. The zero-order chi connectivity index (χ0) is 51.4. The van der Waals surface area contributed by atoms with Crippen molar-refractivity contribution in [3.8, 4) is 11.1 Å². The lowest BCUT2D eigenvalue weighted by Crippen LogP contribution is -2.46. The highest BCUT2D eigenvalue weighted by Crippen LogP contribution is 2.32. The molecule has 4 N–H and O–H groups in total. The van der Waals surface area contributed by atoms with Gasteiger partial charge >= 0.3 is 5.97 Å². The third kappa shape index (κ3) is 23.8. The van der Waals surface area contributed by atoms with E-state index >= 15 is 0 Å². The standard InChI is InChI=1S/C51H77N5O16/c1-3-15-56(72-4-2)51(61)44-37-43-12-11-42(38-45(43)54-47(52)39-44)40-7-9-41(10-8-40)50(60)55-16-5-6-46(55)49(59)53-14-18-63-20-22-65-24-26-67-28-30-69-32-34-71-36-35-70-33-31-68-29-27-66-25-23-64-21-19-62-17-13-48(57)58/h7-12,37-38,46H,3-6,13-36,39H2,1-2H3,(H2,52,54)(H,53,59)(H,57,58)/t46-/m1/s1. The second kappa shape index (κ2) is 36.9. The lowest BCUT2D eigenvalue weighted by Gasteiger charge is -2.24. The Balaban J connectivity index is 0.950. The summed E-state index contributed by atoms with van der Waals surface area (Å²) in [6.45, 7) is 13.7. The smallest absolute Gasteiger partial charge is 0.305 e. The van der Waals surface area contributed by atoms with Crippen LogP contribution in [0.4, 0.5) is 5.69 Å². The number of amides is 3. The predicted octanol–water partition coefficient (Wildman–Crippen LogP) is 3.68. The van der Waals surface area contributed by atoms with Crippen LogP contribution in [0.1, 0.15) is 61.9 Å². The van der Waals surface area contributed by atoms with Gasteiger partial charge in [-0.05, 0) is 61.6 Å². The fourth-order valence-electron chi connectivity index (χ4n) is 7.31. The molecule has 2 aliphatic rings.